The summed E-state index contributed by atoms with van der Waals surface area (Å²) in [5.41, 5.74) is 2.06. The van der Waals surface area contributed by atoms with Crippen LogP contribution in [0.1, 0.15) is 39.0 Å². The van der Waals surface area contributed by atoms with Crippen molar-refractivity contribution in [1.82, 2.24) is 9.55 Å². The van der Waals surface area contributed by atoms with Crippen LogP contribution >= 0.6 is 0 Å². The lowest BCUT2D eigenvalue weighted by atomic mass is 9.88. The third-order valence-electron chi connectivity index (χ3n) is 5.41. The van der Waals surface area contributed by atoms with E-state index >= 15 is 0 Å². The van der Waals surface area contributed by atoms with Gasteiger partial charge in [-0.3, -0.25) is 10.1 Å². The van der Waals surface area contributed by atoms with E-state index < -0.39 is 0 Å². The number of para-hydroxylation sites is 2. The first-order chi connectivity index (χ1) is 10.8. The van der Waals surface area contributed by atoms with Crippen LogP contribution in [0.2, 0.25) is 0 Å². The molecule has 4 rings (SSSR count). The van der Waals surface area contributed by atoms with E-state index in [0.717, 1.165) is 42.3 Å². The smallest absolute Gasteiger partial charge is 0.230 e. The van der Waals surface area contributed by atoms with E-state index in [1.54, 1.807) is 0 Å². The van der Waals surface area contributed by atoms with E-state index in [1.165, 1.54) is 19.3 Å². The molecule has 4 nitrogen and oxygen atoms in total. The summed E-state index contributed by atoms with van der Waals surface area (Å²) in [5, 5.41) is 3.12. The van der Waals surface area contributed by atoms with Crippen LogP contribution in [-0.4, -0.2) is 15.5 Å². The number of imidazole rings is 1. The van der Waals surface area contributed by atoms with Crippen LogP contribution in [-0.2, 0) is 11.3 Å². The number of fused-ring (bicyclic) bond motifs is 3. The highest BCUT2D eigenvalue weighted by atomic mass is 16.2. The average Bonchev–Trinajstić information content (AvgIpc) is 3.22. The zero-order chi connectivity index (χ0) is 15.1. The number of carbonyl (C=O) groups is 1. The van der Waals surface area contributed by atoms with Gasteiger partial charge in [0.1, 0.15) is 0 Å². The van der Waals surface area contributed by atoms with E-state index in [0.29, 0.717) is 5.92 Å². The highest BCUT2D eigenvalue weighted by molar-refractivity contribution is 5.93. The second-order valence-electron chi connectivity index (χ2n) is 6.85. The van der Waals surface area contributed by atoms with Gasteiger partial charge in [0.15, 0.2) is 0 Å². The fourth-order valence-electron chi connectivity index (χ4n) is 4.39. The number of nitrogens with zero attached hydrogens (tertiary/aromatic N) is 2. The summed E-state index contributed by atoms with van der Waals surface area (Å²) >= 11 is 0. The molecule has 0 spiro atoms. The van der Waals surface area contributed by atoms with E-state index in [4.69, 9.17) is 0 Å². The Bertz CT molecular complexity index is 705. The van der Waals surface area contributed by atoms with Crippen molar-refractivity contribution < 1.29 is 4.79 Å². The Kier molecular flexibility index (Phi) is 3.40. The molecule has 0 radical (unpaired) electrons. The molecule has 1 amide bonds. The molecule has 2 bridgehead atoms. The van der Waals surface area contributed by atoms with Gasteiger partial charge >= 0.3 is 0 Å². The fourth-order valence-corrected chi connectivity index (χ4v) is 4.39. The van der Waals surface area contributed by atoms with Gasteiger partial charge in [-0.25, -0.2) is 4.98 Å². The maximum absolute atomic E-state index is 12.7. The summed E-state index contributed by atoms with van der Waals surface area (Å²) in [4.78, 5) is 17.3. The number of carbonyl (C=O) groups excluding carboxylic acids is 1. The largest absolute Gasteiger partial charge is 0.310 e. The summed E-state index contributed by atoms with van der Waals surface area (Å²) in [6, 6.07) is 8.10. The number of hydrogen-bond acceptors (Lipinski definition) is 2. The van der Waals surface area contributed by atoms with Crippen molar-refractivity contribution in [2.75, 3.05) is 5.32 Å². The van der Waals surface area contributed by atoms with Gasteiger partial charge in [0.05, 0.1) is 11.0 Å². The molecule has 0 unspecified atom stereocenters. The van der Waals surface area contributed by atoms with Crippen molar-refractivity contribution >= 4 is 22.9 Å². The molecule has 0 saturated heterocycles. The van der Waals surface area contributed by atoms with Gasteiger partial charge in [0.2, 0.25) is 11.9 Å². The average molecular weight is 297 g/mol. The summed E-state index contributed by atoms with van der Waals surface area (Å²) in [7, 11) is 0. The Morgan fingerprint density at radius 3 is 2.91 bits per heavy atom. The monoisotopic (exact) mass is 297 g/mol. The third kappa shape index (κ3) is 2.21. The van der Waals surface area contributed by atoms with Crippen molar-refractivity contribution in [1.29, 1.82) is 0 Å². The van der Waals surface area contributed by atoms with Crippen molar-refractivity contribution in [3.05, 3.63) is 24.3 Å². The lowest BCUT2D eigenvalue weighted by Gasteiger charge is -2.20. The zero-order valence-electron chi connectivity index (χ0n) is 13.1. The van der Waals surface area contributed by atoms with Crippen molar-refractivity contribution in [3.8, 4) is 0 Å². The van der Waals surface area contributed by atoms with Gasteiger partial charge in [-0.05, 0) is 49.7 Å². The zero-order valence-corrected chi connectivity index (χ0v) is 13.1. The summed E-state index contributed by atoms with van der Waals surface area (Å²) in [5.74, 6) is 2.49. The Morgan fingerprint density at radius 1 is 1.32 bits per heavy atom. The maximum atomic E-state index is 12.7. The predicted molar refractivity (Wildman–Crippen MR) is 87.6 cm³/mol. The number of amides is 1. The van der Waals surface area contributed by atoms with Crippen molar-refractivity contribution in [3.63, 3.8) is 0 Å². The van der Waals surface area contributed by atoms with Crippen LogP contribution in [0.25, 0.3) is 11.0 Å². The predicted octanol–water partition coefficient (Wildman–Crippen LogP) is 3.82. The molecule has 2 fully saturated rings. The Hall–Kier alpha value is -1.84. The van der Waals surface area contributed by atoms with E-state index in [1.807, 2.05) is 18.2 Å². The number of hydrogen-bond donors (Lipinski definition) is 1. The van der Waals surface area contributed by atoms with E-state index in [9.17, 15) is 4.79 Å². The number of anilines is 1. The van der Waals surface area contributed by atoms with E-state index in [-0.39, 0.29) is 11.8 Å². The molecule has 116 valence electrons. The number of rotatable bonds is 4. The van der Waals surface area contributed by atoms with Crippen LogP contribution in [0.3, 0.4) is 0 Å². The molecule has 1 heterocycles. The first-order valence-electron chi connectivity index (χ1n) is 8.52. The van der Waals surface area contributed by atoms with Gasteiger partial charge in [-0.2, -0.15) is 0 Å². The lowest BCUT2D eigenvalue weighted by Crippen LogP contribution is -2.28. The lowest BCUT2D eigenvalue weighted by molar-refractivity contribution is -0.121. The number of aryl methyl sites for hydroxylation is 1. The molecule has 1 aromatic carbocycles. The van der Waals surface area contributed by atoms with Gasteiger partial charge in [0, 0.05) is 12.5 Å². The number of nitrogens with one attached hydrogen (secondary N) is 1. The van der Waals surface area contributed by atoms with Crippen LogP contribution in [0.5, 0.6) is 0 Å². The molecule has 2 aliphatic carbocycles. The Balaban J connectivity index is 1.60. The molecule has 3 atom stereocenters. The van der Waals surface area contributed by atoms with Crippen LogP contribution in [0.15, 0.2) is 24.3 Å². The summed E-state index contributed by atoms with van der Waals surface area (Å²) < 4.78 is 2.14. The topological polar surface area (TPSA) is 46.9 Å². The van der Waals surface area contributed by atoms with Crippen LogP contribution in [0.4, 0.5) is 5.95 Å². The highest BCUT2D eigenvalue weighted by Gasteiger charge is 2.43. The van der Waals surface area contributed by atoms with Crippen LogP contribution < -0.4 is 5.32 Å². The number of benzene rings is 1. The quantitative estimate of drug-likeness (QED) is 0.932. The normalized spacial score (nSPS) is 26.7. The first-order valence-corrected chi connectivity index (χ1v) is 8.52. The molecular formula is C18H23N3O. The number of aromatic nitrogens is 2. The molecule has 1 N–H and O–H groups in total. The molecule has 2 saturated carbocycles. The minimum atomic E-state index is 0.180. The van der Waals surface area contributed by atoms with Gasteiger partial charge in [0.25, 0.3) is 0 Å². The first kappa shape index (κ1) is 13.8. The SMILES string of the molecule is CCCn1c(NC(=O)[C@H]2C[C@H]3CC[C@H]2C3)nc2ccccc21. The minimum absolute atomic E-state index is 0.180. The summed E-state index contributed by atoms with van der Waals surface area (Å²) in [6.07, 6.45) is 5.91. The van der Waals surface area contributed by atoms with Gasteiger partial charge in [-0.1, -0.05) is 25.5 Å². The standard InChI is InChI=1S/C18H23N3O/c1-2-9-21-16-6-4-3-5-15(16)19-18(21)20-17(22)14-11-12-7-8-13(14)10-12/h3-6,12-14H,2,7-11H2,1H3,(H,19,20,22)/t12-,13-,14-/m0/s1. The molecule has 4 heteroatoms. The molecule has 2 aromatic rings. The molecule has 0 aliphatic heterocycles. The van der Waals surface area contributed by atoms with Gasteiger partial charge < -0.3 is 4.57 Å². The molecule has 22 heavy (non-hydrogen) atoms. The Labute approximate surface area is 130 Å². The highest BCUT2D eigenvalue weighted by Crippen LogP contribution is 2.48. The van der Waals surface area contributed by atoms with E-state index in [2.05, 4.69) is 27.9 Å². The Morgan fingerprint density at radius 2 is 2.18 bits per heavy atom. The third-order valence-corrected chi connectivity index (χ3v) is 5.41. The van der Waals surface area contributed by atoms with Crippen LogP contribution in [0, 0.1) is 17.8 Å². The second kappa shape index (κ2) is 5.41. The molecular weight excluding hydrogens is 274 g/mol. The fraction of sp³-hybridized carbons (Fsp3) is 0.556. The summed E-state index contributed by atoms with van der Waals surface area (Å²) in [6.45, 7) is 3.03. The van der Waals surface area contributed by atoms with Crippen molar-refractivity contribution in [2.45, 2.75) is 45.6 Å². The molecule has 1 aromatic heterocycles. The van der Waals surface area contributed by atoms with Gasteiger partial charge in [-0.15, -0.1) is 0 Å². The van der Waals surface area contributed by atoms with Crippen molar-refractivity contribution in [2.24, 2.45) is 17.8 Å². The molecule has 2 aliphatic rings. The second-order valence-corrected chi connectivity index (χ2v) is 6.85. The minimum Gasteiger partial charge on any atom is -0.310 e. The maximum Gasteiger partial charge on any atom is 0.230 e.